The quantitative estimate of drug-likeness (QED) is 0.520. The molecule has 0 bridgehead atoms. The van der Waals surface area contributed by atoms with Gasteiger partial charge in [-0.1, -0.05) is 41.9 Å². The molecule has 1 atom stereocenters. The lowest BCUT2D eigenvalue weighted by atomic mass is 10.0. The van der Waals surface area contributed by atoms with Gasteiger partial charge in [0.25, 0.3) is 5.92 Å². The van der Waals surface area contributed by atoms with Crippen LogP contribution in [0.25, 0.3) is 0 Å². The molecule has 2 aromatic carbocycles. The van der Waals surface area contributed by atoms with Crippen molar-refractivity contribution in [3.63, 3.8) is 0 Å². The zero-order chi connectivity index (χ0) is 22.9. The van der Waals surface area contributed by atoms with Gasteiger partial charge in [0.2, 0.25) is 0 Å². The van der Waals surface area contributed by atoms with Gasteiger partial charge in [0.05, 0.1) is 18.3 Å². The summed E-state index contributed by atoms with van der Waals surface area (Å²) in [4.78, 5) is 4.07. The van der Waals surface area contributed by atoms with Crippen molar-refractivity contribution in [3.05, 3.63) is 65.2 Å². The molecular weight excluding hydrogens is 460 g/mol. The van der Waals surface area contributed by atoms with Crippen molar-refractivity contribution >= 4 is 39.0 Å². The summed E-state index contributed by atoms with van der Waals surface area (Å²) in [6.45, 7) is -1.11. The van der Waals surface area contributed by atoms with Crippen LogP contribution in [0.15, 0.2) is 64.7 Å². The van der Waals surface area contributed by atoms with Gasteiger partial charge in [-0.2, -0.15) is 17.8 Å². The van der Waals surface area contributed by atoms with E-state index in [-0.39, 0.29) is 18.4 Å². The summed E-state index contributed by atoms with van der Waals surface area (Å²) in [7, 11) is -2.76. The third-order valence-electron chi connectivity index (χ3n) is 5.38. The minimum atomic E-state index is -4.19. The van der Waals surface area contributed by atoms with E-state index >= 15 is 0 Å². The second kappa shape index (κ2) is 8.76. The van der Waals surface area contributed by atoms with E-state index in [1.165, 1.54) is 7.05 Å². The summed E-state index contributed by atoms with van der Waals surface area (Å²) in [5.74, 6) is -3.01. The molecule has 1 unspecified atom stereocenters. The second-order valence-electron chi connectivity index (χ2n) is 7.62. The summed E-state index contributed by atoms with van der Waals surface area (Å²) >= 11 is 6.02. The molecule has 0 radical (unpaired) electrons. The summed E-state index contributed by atoms with van der Waals surface area (Å²) in [5, 5.41) is 7.00. The molecule has 0 aliphatic carbocycles. The number of anilines is 1. The van der Waals surface area contributed by atoms with Gasteiger partial charge in [-0.05, 0) is 29.8 Å². The van der Waals surface area contributed by atoms with Gasteiger partial charge in [0, 0.05) is 31.5 Å². The lowest BCUT2D eigenvalue weighted by Crippen LogP contribution is -2.45. The van der Waals surface area contributed by atoms with E-state index in [0.29, 0.717) is 17.2 Å². The van der Waals surface area contributed by atoms with Crippen LogP contribution in [0, 0.1) is 0 Å². The Labute approximate surface area is 190 Å². The van der Waals surface area contributed by atoms with Crippen LogP contribution in [-0.2, 0) is 10.2 Å². The molecule has 0 spiro atoms. The predicted octanol–water partition coefficient (Wildman–Crippen LogP) is 3.85. The molecular formula is C21H22ClF2N5O2S. The molecule has 0 aromatic heterocycles. The van der Waals surface area contributed by atoms with Crippen LogP contribution < -0.4 is 9.73 Å². The molecule has 2 aliphatic heterocycles. The van der Waals surface area contributed by atoms with E-state index in [4.69, 9.17) is 11.6 Å². The summed E-state index contributed by atoms with van der Waals surface area (Å²) in [6, 6.07) is 16.6. The molecule has 170 valence electrons. The topological polar surface area (TPSA) is 77.4 Å². The first-order valence-electron chi connectivity index (χ1n) is 9.99. The number of hydrazone groups is 1. The number of nitrogens with one attached hydrogen (secondary N) is 1. The summed E-state index contributed by atoms with van der Waals surface area (Å²) < 4.78 is 55.6. The molecule has 2 aliphatic rings. The Morgan fingerprint density at radius 1 is 1.19 bits per heavy atom. The van der Waals surface area contributed by atoms with Crippen LogP contribution in [0.5, 0.6) is 0 Å². The monoisotopic (exact) mass is 481 g/mol. The fourth-order valence-electron chi connectivity index (χ4n) is 3.75. The van der Waals surface area contributed by atoms with Gasteiger partial charge in [-0.3, -0.25) is 14.7 Å². The lowest BCUT2D eigenvalue weighted by molar-refractivity contribution is 0.0183. The Kier molecular flexibility index (Phi) is 6.19. The van der Waals surface area contributed by atoms with Crippen molar-refractivity contribution in [2.75, 3.05) is 25.1 Å². The minimum Gasteiger partial charge on any atom is -0.270 e. The molecule has 1 fully saturated rings. The van der Waals surface area contributed by atoms with Crippen molar-refractivity contribution in [1.29, 1.82) is 0 Å². The average Bonchev–Trinajstić information content (AvgIpc) is 3.37. The first kappa shape index (κ1) is 22.6. The van der Waals surface area contributed by atoms with E-state index in [2.05, 4.69) is 14.8 Å². The van der Waals surface area contributed by atoms with Crippen LogP contribution >= 0.6 is 11.6 Å². The molecule has 2 aromatic rings. The number of nitrogens with zero attached hydrogens (tertiary/aromatic N) is 4. The Hall–Kier alpha value is -2.56. The maximum Gasteiger partial charge on any atom is 0.303 e. The van der Waals surface area contributed by atoms with Crippen LogP contribution in [0.1, 0.15) is 24.4 Å². The predicted molar refractivity (Wildman–Crippen MR) is 122 cm³/mol. The van der Waals surface area contributed by atoms with Gasteiger partial charge in [0.1, 0.15) is 5.71 Å². The number of hydrogen-bond donors (Lipinski definition) is 1. The largest absolute Gasteiger partial charge is 0.303 e. The van der Waals surface area contributed by atoms with Gasteiger partial charge < -0.3 is 0 Å². The molecule has 2 heterocycles. The smallest absolute Gasteiger partial charge is 0.270 e. The molecule has 1 N–H and O–H groups in total. The van der Waals surface area contributed by atoms with Crippen LogP contribution in [0.2, 0.25) is 5.02 Å². The molecule has 4 rings (SSSR count). The fourth-order valence-corrected chi connectivity index (χ4v) is 5.15. The standard InChI is InChI=1S/C21H22ClF2N5O2S/c1-25-20(27-32(30,31)28-12-11-21(23,24)14-28)18-13-19(15-5-3-2-4-6-15)29(26-18)17-9-7-16(22)8-10-17/h2-10,19H,11-14H2,1H3,(H,25,27). The van der Waals surface area contributed by atoms with Gasteiger partial charge in [-0.25, -0.2) is 8.78 Å². The normalized spacial score (nSPS) is 21.6. The molecule has 11 heteroatoms. The van der Waals surface area contributed by atoms with Crippen LogP contribution in [0.3, 0.4) is 0 Å². The highest BCUT2D eigenvalue weighted by Crippen LogP contribution is 2.36. The third-order valence-corrected chi connectivity index (χ3v) is 7.08. The maximum atomic E-state index is 13.5. The van der Waals surface area contributed by atoms with Crippen molar-refractivity contribution in [2.45, 2.75) is 24.8 Å². The van der Waals surface area contributed by atoms with Gasteiger partial charge in [0.15, 0.2) is 5.84 Å². The number of benzene rings is 2. The van der Waals surface area contributed by atoms with Crippen molar-refractivity contribution in [2.24, 2.45) is 10.1 Å². The number of amidine groups is 1. The number of halogens is 3. The number of hydrogen-bond acceptors (Lipinski definition) is 5. The van der Waals surface area contributed by atoms with Crippen molar-refractivity contribution in [3.8, 4) is 0 Å². The highest BCUT2D eigenvalue weighted by Gasteiger charge is 2.44. The molecule has 7 nitrogen and oxygen atoms in total. The van der Waals surface area contributed by atoms with E-state index in [9.17, 15) is 17.2 Å². The third kappa shape index (κ3) is 4.77. The Morgan fingerprint density at radius 3 is 2.47 bits per heavy atom. The SMILES string of the molecule is CN=C(NS(=O)(=O)N1CCC(F)(F)C1)C1=NN(c2ccc(Cl)cc2)C(c2ccccc2)C1. The molecule has 32 heavy (non-hydrogen) atoms. The van der Waals surface area contributed by atoms with Gasteiger partial charge >= 0.3 is 10.2 Å². The average molecular weight is 482 g/mol. The first-order valence-corrected chi connectivity index (χ1v) is 11.8. The zero-order valence-electron chi connectivity index (χ0n) is 17.2. The van der Waals surface area contributed by atoms with Gasteiger partial charge in [-0.15, -0.1) is 0 Å². The number of rotatable bonds is 5. The number of alkyl halides is 2. The summed E-state index contributed by atoms with van der Waals surface area (Å²) in [5.41, 5.74) is 2.17. The second-order valence-corrected chi connectivity index (χ2v) is 9.72. The summed E-state index contributed by atoms with van der Waals surface area (Å²) in [6.07, 6.45) is -0.133. The Bertz CT molecular complexity index is 1140. The highest BCUT2D eigenvalue weighted by molar-refractivity contribution is 7.87. The van der Waals surface area contributed by atoms with Crippen molar-refractivity contribution in [1.82, 2.24) is 9.03 Å². The van der Waals surface area contributed by atoms with E-state index < -0.39 is 29.1 Å². The van der Waals surface area contributed by atoms with Crippen LogP contribution in [0.4, 0.5) is 14.5 Å². The van der Waals surface area contributed by atoms with Crippen molar-refractivity contribution < 1.29 is 17.2 Å². The molecule has 0 amide bonds. The Morgan fingerprint density at radius 2 is 1.88 bits per heavy atom. The van der Waals surface area contributed by atoms with E-state index in [1.54, 1.807) is 17.1 Å². The zero-order valence-corrected chi connectivity index (χ0v) is 18.8. The molecule has 1 saturated heterocycles. The maximum absolute atomic E-state index is 13.5. The number of aliphatic imine (C=N–C) groups is 1. The first-order chi connectivity index (χ1) is 15.2. The Balaban J connectivity index is 1.62. The fraction of sp³-hybridized carbons (Fsp3) is 0.333. The van der Waals surface area contributed by atoms with E-state index in [1.807, 2.05) is 42.5 Å². The lowest BCUT2D eigenvalue weighted by Gasteiger charge is -2.24. The molecule has 0 saturated carbocycles. The van der Waals surface area contributed by atoms with Crippen LogP contribution in [-0.4, -0.2) is 50.3 Å². The minimum absolute atomic E-state index is 0.0256. The van der Waals surface area contributed by atoms with E-state index in [0.717, 1.165) is 15.6 Å². The highest BCUT2D eigenvalue weighted by atomic mass is 35.5.